The van der Waals surface area contributed by atoms with Crippen molar-refractivity contribution in [3.05, 3.63) is 28.2 Å². The summed E-state index contributed by atoms with van der Waals surface area (Å²) in [5, 5.41) is 0. The van der Waals surface area contributed by atoms with Crippen LogP contribution in [0.5, 0.6) is 5.75 Å². The molecule has 1 aliphatic rings. The summed E-state index contributed by atoms with van der Waals surface area (Å²) in [6, 6.07) is 3.61. The quantitative estimate of drug-likeness (QED) is 0.817. The van der Waals surface area contributed by atoms with Gasteiger partial charge in [-0.25, -0.2) is 0 Å². The van der Waals surface area contributed by atoms with E-state index in [0.717, 1.165) is 12.1 Å². The van der Waals surface area contributed by atoms with Crippen molar-refractivity contribution in [1.29, 1.82) is 0 Å². The highest BCUT2D eigenvalue weighted by atomic mass is 79.9. The number of rotatable bonds is 2. The van der Waals surface area contributed by atoms with Crippen molar-refractivity contribution in [3.63, 3.8) is 0 Å². The van der Waals surface area contributed by atoms with Crippen molar-refractivity contribution in [3.8, 4) is 5.75 Å². The third kappa shape index (κ3) is 3.62. The molecule has 6 heteroatoms. The van der Waals surface area contributed by atoms with Crippen LogP contribution in [-0.2, 0) is 10.9 Å². The minimum atomic E-state index is -4.36. The molecular formula is C12H12BrF3O2. The molecule has 0 spiro atoms. The third-order valence-corrected chi connectivity index (χ3v) is 3.13. The van der Waals surface area contributed by atoms with Crippen LogP contribution < -0.4 is 4.74 Å². The van der Waals surface area contributed by atoms with Gasteiger partial charge in [-0.1, -0.05) is 15.9 Å². The van der Waals surface area contributed by atoms with Crippen LogP contribution in [0.25, 0.3) is 0 Å². The molecule has 1 saturated heterocycles. The molecule has 0 radical (unpaired) electrons. The third-order valence-electron chi connectivity index (χ3n) is 2.67. The van der Waals surface area contributed by atoms with Crippen LogP contribution in [-0.4, -0.2) is 19.3 Å². The molecule has 2 nitrogen and oxygen atoms in total. The van der Waals surface area contributed by atoms with E-state index in [9.17, 15) is 13.2 Å². The normalized spacial score (nSPS) is 17.8. The summed E-state index contributed by atoms with van der Waals surface area (Å²) in [6.07, 6.45) is -3.03. The van der Waals surface area contributed by atoms with Crippen LogP contribution in [0.4, 0.5) is 13.2 Å². The summed E-state index contributed by atoms with van der Waals surface area (Å²) < 4.78 is 49.0. The van der Waals surface area contributed by atoms with Gasteiger partial charge in [0.2, 0.25) is 0 Å². The minimum Gasteiger partial charge on any atom is -0.490 e. The van der Waals surface area contributed by atoms with Crippen molar-refractivity contribution in [2.45, 2.75) is 25.1 Å². The van der Waals surface area contributed by atoms with Gasteiger partial charge in [-0.3, -0.25) is 0 Å². The van der Waals surface area contributed by atoms with Gasteiger partial charge in [0.15, 0.2) is 0 Å². The lowest BCUT2D eigenvalue weighted by Gasteiger charge is -2.23. The molecule has 0 saturated carbocycles. The Balaban J connectivity index is 2.14. The lowest BCUT2D eigenvalue weighted by atomic mass is 10.1. The highest BCUT2D eigenvalue weighted by Crippen LogP contribution is 2.34. The molecule has 0 N–H and O–H groups in total. The standard InChI is InChI=1S/C12H12BrF3O2/c13-9-5-8(12(14,15)16)6-11(7-9)18-10-1-3-17-4-2-10/h5-7,10H,1-4H2. The van der Waals surface area contributed by atoms with Crippen molar-refractivity contribution < 1.29 is 22.6 Å². The van der Waals surface area contributed by atoms with Crippen LogP contribution in [0.1, 0.15) is 18.4 Å². The smallest absolute Gasteiger partial charge is 0.416 e. The van der Waals surface area contributed by atoms with E-state index in [4.69, 9.17) is 9.47 Å². The SMILES string of the molecule is FC(F)(F)c1cc(Br)cc(OC2CCOCC2)c1. The molecule has 2 rings (SSSR count). The molecule has 1 aromatic rings. The van der Waals surface area contributed by atoms with Gasteiger partial charge in [-0.05, 0) is 18.2 Å². The second-order valence-electron chi connectivity index (χ2n) is 4.10. The van der Waals surface area contributed by atoms with Gasteiger partial charge in [-0.2, -0.15) is 13.2 Å². The maximum atomic E-state index is 12.6. The first kappa shape index (κ1) is 13.7. The zero-order valence-electron chi connectivity index (χ0n) is 9.47. The lowest BCUT2D eigenvalue weighted by molar-refractivity contribution is -0.137. The Bertz CT molecular complexity index is 414. The van der Waals surface area contributed by atoms with E-state index in [0.29, 0.717) is 30.5 Å². The fraction of sp³-hybridized carbons (Fsp3) is 0.500. The van der Waals surface area contributed by atoms with Crippen molar-refractivity contribution in [2.24, 2.45) is 0 Å². The maximum Gasteiger partial charge on any atom is 0.416 e. The van der Waals surface area contributed by atoms with Gasteiger partial charge >= 0.3 is 6.18 Å². The topological polar surface area (TPSA) is 18.5 Å². The molecule has 1 fully saturated rings. The van der Waals surface area contributed by atoms with E-state index in [-0.39, 0.29) is 11.9 Å². The summed E-state index contributed by atoms with van der Waals surface area (Å²) in [7, 11) is 0. The van der Waals surface area contributed by atoms with Crippen LogP contribution in [0, 0.1) is 0 Å². The van der Waals surface area contributed by atoms with Crippen molar-refractivity contribution in [2.75, 3.05) is 13.2 Å². The molecule has 1 heterocycles. The largest absolute Gasteiger partial charge is 0.490 e. The fourth-order valence-electron chi connectivity index (χ4n) is 1.78. The van der Waals surface area contributed by atoms with Crippen LogP contribution in [0.3, 0.4) is 0 Å². The second kappa shape index (κ2) is 5.48. The van der Waals surface area contributed by atoms with Gasteiger partial charge in [0.1, 0.15) is 11.9 Å². The van der Waals surface area contributed by atoms with E-state index < -0.39 is 11.7 Å². The van der Waals surface area contributed by atoms with Crippen LogP contribution >= 0.6 is 15.9 Å². The van der Waals surface area contributed by atoms with Gasteiger partial charge in [0.05, 0.1) is 18.8 Å². The summed E-state index contributed by atoms with van der Waals surface area (Å²) >= 11 is 3.07. The summed E-state index contributed by atoms with van der Waals surface area (Å²) in [6.45, 7) is 1.18. The first-order valence-corrected chi connectivity index (χ1v) is 6.36. The van der Waals surface area contributed by atoms with Gasteiger partial charge in [0, 0.05) is 17.3 Å². The molecule has 100 valence electrons. The van der Waals surface area contributed by atoms with Crippen molar-refractivity contribution >= 4 is 15.9 Å². The molecule has 0 amide bonds. The molecule has 1 aliphatic heterocycles. The molecule has 18 heavy (non-hydrogen) atoms. The molecule has 0 atom stereocenters. The Labute approximate surface area is 111 Å². The first-order valence-electron chi connectivity index (χ1n) is 5.57. The number of ether oxygens (including phenoxy) is 2. The van der Waals surface area contributed by atoms with E-state index >= 15 is 0 Å². The first-order chi connectivity index (χ1) is 8.45. The van der Waals surface area contributed by atoms with Gasteiger partial charge < -0.3 is 9.47 Å². The number of halogens is 4. The highest BCUT2D eigenvalue weighted by Gasteiger charge is 2.31. The van der Waals surface area contributed by atoms with E-state index in [1.165, 1.54) is 0 Å². The average Bonchev–Trinajstić information content (AvgIpc) is 2.28. The van der Waals surface area contributed by atoms with Gasteiger partial charge in [-0.15, -0.1) is 0 Å². The zero-order chi connectivity index (χ0) is 13.2. The van der Waals surface area contributed by atoms with E-state index in [1.54, 1.807) is 6.07 Å². The highest BCUT2D eigenvalue weighted by molar-refractivity contribution is 9.10. The minimum absolute atomic E-state index is 0.0749. The molecule has 0 bridgehead atoms. The Morgan fingerprint density at radius 1 is 1.17 bits per heavy atom. The molecule has 0 aromatic heterocycles. The number of hydrogen-bond acceptors (Lipinski definition) is 2. The molecular weight excluding hydrogens is 313 g/mol. The Kier molecular flexibility index (Phi) is 4.17. The fourth-order valence-corrected chi connectivity index (χ4v) is 2.25. The number of benzene rings is 1. The zero-order valence-corrected chi connectivity index (χ0v) is 11.1. The van der Waals surface area contributed by atoms with Gasteiger partial charge in [0.25, 0.3) is 0 Å². The van der Waals surface area contributed by atoms with E-state index in [1.807, 2.05) is 0 Å². The summed E-state index contributed by atoms with van der Waals surface area (Å²) in [5.74, 6) is 0.239. The molecule has 0 aliphatic carbocycles. The predicted octanol–water partition coefficient (Wildman–Crippen LogP) is 4.03. The monoisotopic (exact) mass is 324 g/mol. The summed E-state index contributed by atoms with van der Waals surface area (Å²) in [5.41, 5.74) is -0.709. The Hall–Kier alpha value is -0.750. The van der Waals surface area contributed by atoms with Crippen LogP contribution in [0.15, 0.2) is 22.7 Å². The number of hydrogen-bond donors (Lipinski definition) is 0. The van der Waals surface area contributed by atoms with Crippen LogP contribution in [0.2, 0.25) is 0 Å². The maximum absolute atomic E-state index is 12.6. The number of alkyl halides is 3. The average molecular weight is 325 g/mol. The second-order valence-corrected chi connectivity index (χ2v) is 5.02. The Morgan fingerprint density at radius 2 is 1.83 bits per heavy atom. The summed E-state index contributed by atoms with van der Waals surface area (Å²) in [4.78, 5) is 0. The molecule has 0 unspecified atom stereocenters. The molecule has 1 aromatic carbocycles. The lowest BCUT2D eigenvalue weighted by Crippen LogP contribution is -2.26. The Morgan fingerprint density at radius 3 is 2.44 bits per heavy atom. The van der Waals surface area contributed by atoms with E-state index in [2.05, 4.69) is 15.9 Å². The van der Waals surface area contributed by atoms with Crippen molar-refractivity contribution in [1.82, 2.24) is 0 Å². The predicted molar refractivity (Wildman–Crippen MR) is 63.6 cm³/mol.